The number of nitrogen functional groups attached to an aromatic ring is 1. The summed E-state index contributed by atoms with van der Waals surface area (Å²) < 4.78 is 49.6. The van der Waals surface area contributed by atoms with E-state index in [-0.39, 0.29) is 4.90 Å². The standard InChI is InChI=1S/C11H12F2N4O2S/c12-10(13)6-15-20(18,19)8-2-3-9-7(5-8)1-4-11(16-9)17-14/h1-5,10,15H,6,14H2,(H,16,17). The van der Waals surface area contributed by atoms with Gasteiger partial charge in [-0.2, -0.15) is 0 Å². The van der Waals surface area contributed by atoms with Crippen LogP contribution in [0.3, 0.4) is 0 Å². The van der Waals surface area contributed by atoms with Gasteiger partial charge < -0.3 is 5.43 Å². The Labute approximate surface area is 114 Å². The van der Waals surface area contributed by atoms with Crippen molar-refractivity contribution in [1.82, 2.24) is 9.71 Å². The molecule has 0 saturated carbocycles. The molecule has 0 amide bonds. The highest BCUT2D eigenvalue weighted by Crippen LogP contribution is 2.19. The van der Waals surface area contributed by atoms with E-state index in [4.69, 9.17) is 5.84 Å². The van der Waals surface area contributed by atoms with E-state index in [1.807, 2.05) is 4.72 Å². The SMILES string of the molecule is NNc1ccc2cc(S(=O)(=O)NCC(F)F)ccc2n1. The largest absolute Gasteiger partial charge is 0.308 e. The normalized spacial score (nSPS) is 12.0. The van der Waals surface area contributed by atoms with Gasteiger partial charge in [0.2, 0.25) is 10.0 Å². The molecule has 6 nitrogen and oxygen atoms in total. The number of alkyl halides is 2. The summed E-state index contributed by atoms with van der Waals surface area (Å²) in [7, 11) is -3.96. The molecule has 2 aromatic rings. The van der Waals surface area contributed by atoms with E-state index < -0.39 is 23.0 Å². The number of fused-ring (bicyclic) bond motifs is 1. The van der Waals surface area contributed by atoms with Gasteiger partial charge in [-0.05, 0) is 30.3 Å². The van der Waals surface area contributed by atoms with Crippen LogP contribution >= 0.6 is 0 Å². The number of hydrazine groups is 1. The lowest BCUT2D eigenvalue weighted by molar-refractivity contribution is 0.153. The number of hydrogen-bond acceptors (Lipinski definition) is 5. The molecular weight excluding hydrogens is 290 g/mol. The number of halogens is 2. The molecule has 9 heteroatoms. The first-order valence-corrected chi connectivity index (χ1v) is 7.06. The van der Waals surface area contributed by atoms with E-state index in [9.17, 15) is 17.2 Å². The number of rotatable bonds is 5. The zero-order valence-electron chi connectivity index (χ0n) is 10.2. The van der Waals surface area contributed by atoms with E-state index in [2.05, 4.69) is 10.4 Å². The summed E-state index contributed by atoms with van der Waals surface area (Å²) >= 11 is 0. The average Bonchev–Trinajstić information content (AvgIpc) is 2.44. The summed E-state index contributed by atoms with van der Waals surface area (Å²) in [6, 6.07) is 7.34. The van der Waals surface area contributed by atoms with Gasteiger partial charge in [0.15, 0.2) is 0 Å². The van der Waals surface area contributed by atoms with Crippen molar-refractivity contribution < 1.29 is 17.2 Å². The number of nitrogens with two attached hydrogens (primary N) is 1. The lowest BCUT2D eigenvalue weighted by atomic mass is 10.2. The number of nitrogens with zero attached hydrogens (tertiary/aromatic N) is 1. The Morgan fingerprint density at radius 2 is 2.00 bits per heavy atom. The van der Waals surface area contributed by atoms with Gasteiger partial charge in [-0.25, -0.2) is 32.7 Å². The highest BCUT2D eigenvalue weighted by atomic mass is 32.2. The summed E-state index contributed by atoms with van der Waals surface area (Å²) in [6.45, 7) is -0.922. The van der Waals surface area contributed by atoms with Crippen molar-refractivity contribution in [2.45, 2.75) is 11.3 Å². The molecule has 0 spiro atoms. The summed E-state index contributed by atoms with van der Waals surface area (Å²) in [5.74, 6) is 5.65. The summed E-state index contributed by atoms with van der Waals surface area (Å²) in [5.41, 5.74) is 2.91. The fourth-order valence-corrected chi connectivity index (χ4v) is 2.65. The molecule has 20 heavy (non-hydrogen) atoms. The molecular formula is C11H12F2N4O2S. The van der Waals surface area contributed by atoms with Crippen molar-refractivity contribution >= 4 is 26.7 Å². The zero-order chi connectivity index (χ0) is 14.8. The van der Waals surface area contributed by atoms with Crippen molar-refractivity contribution in [1.29, 1.82) is 0 Å². The van der Waals surface area contributed by atoms with E-state index >= 15 is 0 Å². The third kappa shape index (κ3) is 3.18. The second-order valence-electron chi connectivity index (χ2n) is 3.94. The van der Waals surface area contributed by atoms with Gasteiger partial charge in [0.05, 0.1) is 17.0 Å². The molecule has 108 valence electrons. The Kier molecular flexibility index (Phi) is 4.12. The number of hydrogen-bond donors (Lipinski definition) is 3. The fourth-order valence-electron chi connectivity index (χ4n) is 1.61. The van der Waals surface area contributed by atoms with Crippen molar-refractivity contribution in [2.24, 2.45) is 5.84 Å². The highest BCUT2D eigenvalue weighted by Gasteiger charge is 2.16. The molecule has 0 aliphatic carbocycles. The first kappa shape index (κ1) is 14.6. The number of aromatic nitrogens is 1. The quantitative estimate of drug-likeness (QED) is 0.567. The second kappa shape index (κ2) is 5.65. The van der Waals surface area contributed by atoms with Gasteiger partial charge in [-0.3, -0.25) is 0 Å². The zero-order valence-corrected chi connectivity index (χ0v) is 11.0. The van der Waals surface area contributed by atoms with Gasteiger partial charge in [0.1, 0.15) is 5.82 Å². The smallest absolute Gasteiger partial charge is 0.251 e. The van der Waals surface area contributed by atoms with Crippen LogP contribution in [-0.2, 0) is 10.0 Å². The molecule has 0 unspecified atom stereocenters. The molecule has 4 N–H and O–H groups in total. The predicted molar refractivity (Wildman–Crippen MR) is 70.7 cm³/mol. The fraction of sp³-hybridized carbons (Fsp3) is 0.182. The van der Waals surface area contributed by atoms with Crippen LogP contribution in [0.15, 0.2) is 35.2 Å². The van der Waals surface area contributed by atoms with E-state index in [0.29, 0.717) is 16.7 Å². The Bertz CT molecular complexity index is 721. The van der Waals surface area contributed by atoms with E-state index in [1.54, 1.807) is 12.1 Å². The minimum Gasteiger partial charge on any atom is -0.308 e. The van der Waals surface area contributed by atoms with Crippen LogP contribution in [0.1, 0.15) is 0 Å². The minimum absolute atomic E-state index is 0.0964. The van der Waals surface area contributed by atoms with E-state index in [1.165, 1.54) is 18.2 Å². The molecule has 0 aliphatic rings. The van der Waals surface area contributed by atoms with Gasteiger partial charge in [0.25, 0.3) is 6.43 Å². The lowest BCUT2D eigenvalue weighted by Crippen LogP contribution is -2.28. The molecule has 0 saturated heterocycles. The molecule has 0 atom stereocenters. The van der Waals surface area contributed by atoms with Crippen molar-refractivity contribution in [2.75, 3.05) is 12.0 Å². The Balaban J connectivity index is 2.36. The minimum atomic E-state index is -3.96. The Morgan fingerprint density at radius 1 is 1.25 bits per heavy atom. The van der Waals surface area contributed by atoms with Gasteiger partial charge in [0, 0.05) is 5.39 Å². The van der Waals surface area contributed by atoms with Crippen LogP contribution in [-0.4, -0.2) is 26.4 Å². The molecule has 0 bridgehead atoms. The maximum atomic E-state index is 12.1. The third-order valence-electron chi connectivity index (χ3n) is 2.55. The molecule has 1 aromatic carbocycles. The van der Waals surface area contributed by atoms with Crippen molar-refractivity contribution in [3.05, 3.63) is 30.3 Å². The highest BCUT2D eigenvalue weighted by molar-refractivity contribution is 7.89. The first-order valence-electron chi connectivity index (χ1n) is 5.57. The van der Waals surface area contributed by atoms with Crippen molar-refractivity contribution in [3.63, 3.8) is 0 Å². The van der Waals surface area contributed by atoms with Gasteiger partial charge >= 0.3 is 0 Å². The van der Waals surface area contributed by atoms with Crippen molar-refractivity contribution in [3.8, 4) is 0 Å². The number of sulfonamides is 1. The number of benzene rings is 1. The monoisotopic (exact) mass is 302 g/mol. The predicted octanol–water partition coefficient (Wildman–Crippen LogP) is 1.06. The summed E-state index contributed by atoms with van der Waals surface area (Å²) in [4.78, 5) is 4.02. The molecule has 1 aromatic heterocycles. The Morgan fingerprint density at radius 3 is 2.65 bits per heavy atom. The molecule has 2 rings (SSSR count). The van der Waals surface area contributed by atoms with Gasteiger partial charge in [-0.15, -0.1) is 0 Å². The summed E-state index contributed by atoms with van der Waals surface area (Å²) in [6.07, 6.45) is -2.75. The first-order chi connectivity index (χ1) is 9.42. The maximum absolute atomic E-state index is 12.1. The van der Waals surface area contributed by atoms with Crippen LogP contribution in [0.25, 0.3) is 10.9 Å². The van der Waals surface area contributed by atoms with Crippen LogP contribution in [0.5, 0.6) is 0 Å². The number of pyridine rings is 1. The molecule has 1 heterocycles. The third-order valence-corrected chi connectivity index (χ3v) is 3.97. The number of anilines is 1. The maximum Gasteiger partial charge on any atom is 0.251 e. The second-order valence-corrected chi connectivity index (χ2v) is 5.71. The van der Waals surface area contributed by atoms with Crippen LogP contribution in [0.4, 0.5) is 14.6 Å². The van der Waals surface area contributed by atoms with Gasteiger partial charge in [-0.1, -0.05) is 0 Å². The molecule has 0 fully saturated rings. The number of nitrogens with one attached hydrogen (secondary N) is 2. The van der Waals surface area contributed by atoms with Crippen LogP contribution < -0.4 is 16.0 Å². The average molecular weight is 302 g/mol. The van der Waals surface area contributed by atoms with Crippen LogP contribution in [0, 0.1) is 0 Å². The lowest BCUT2D eigenvalue weighted by Gasteiger charge is -2.07. The van der Waals surface area contributed by atoms with E-state index in [0.717, 1.165) is 0 Å². The Hall–Kier alpha value is -1.84. The van der Waals surface area contributed by atoms with Crippen LogP contribution in [0.2, 0.25) is 0 Å². The molecule has 0 aliphatic heterocycles. The molecule has 0 radical (unpaired) electrons. The summed E-state index contributed by atoms with van der Waals surface area (Å²) in [5, 5.41) is 0.559. The topological polar surface area (TPSA) is 97.1 Å².